The van der Waals surface area contributed by atoms with E-state index in [2.05, 4.69) is 35.9 Å². The number of rotatable bonds is 6. The monoisotopic (exact) mass is 231 g/mol. The fourth-order valence-corrected chi connectivity index (χ4v) is 2.23. The van der Waals surface area contributed by atoms with Crippen molar-refractivity contribution in [3.05, 3.63) is 36.0 Å². The lowest BCUT2D eigenvalue weighted by Gasteiger charge is -2.06. The van der Waals surface area contributed by atoms with E-state index >= 15 is 0 Å². The maximum atomic E-state index is 9.16. The van der Waals surface area contributed by atoms with Crippen molar-refractivity contribution in [3.63, 3.8) is 0 Å². The van der Waals surface area contributed by atoms with Gasteiger partial charge < -0.3 is 9.67 Å². The summed E-state index contributed by atoms with van der Waals surface area (Å²) in [4.78, 5) is 0. The Kier molecular flexibility index (Phi) is 4.21. The van der Waals surface area contributed by atoms with E-state index in [4.69, 9.17) is 5.11 Å². The third-order valence-corrected chi connectivity index (χ3v) is 3.27. The number of aryl methyl sites for hydroxylation is 1. The Morgan fingerprint density at radius 2 is 2.00 bits per heavy atom. The summed E-state index contributed by atoms with van der Waals surface area (Å²) in [5.74, 6) is 0. The van der Waals surface area contributed by atoms with Crippen molar-refractivity contribution in [2.24, 2.45) is 0 Å². The molecule has 2 heteroatoms. The molecular formula is C15H21NO. The lowest BCUT2D eigenvalue weighted by atomic mass is 10.1. The van der Waals surface area contributed by atoms with Gasteiger partial charge in [0.25, 0.3) is 0 Å². The van der Waals surface area contributed by atoms with E-state index in [-0.39, 0.29) is 6.61 Å². The highest BCUT2D eigenvalue weighted by atomic mass is 16.3. The number of hydrogen-bond donors (Lipinski definition) is 1. The maximum absolute atomic E-state index is 9.16. The summed E-state index contributed by atoms with van der Waals surface area (Å²) in [5, 5.41) is 10.4. The van der Waals surface area contributed by atoms with Crippen molar-refractivity contribution in [1.82, 2.24) is 4.57 Å². The molecule has 2 rings (SSSR count). The molecule has 0 aliphatic carbocycles. The lowest BCUT2D eigenvalue weighted by Crippen LogP contribution is -1.96. The zero-order chi connectivity index (χ0) is 12.1. The fourth-order valence-electron chi connectivity index (χ4n) is 2.23. The summed E-state index contributed by atoms with van der Waals surface area (Å²) in [6, 6.07) is 8.32. The van der Waals surface area contributed by atoms with Crippen molar-refractivity contribution in [2.75, 3.05) is 0 Å². The quantitative estimate of drug-likeness (QED) is 0.753. The van der Waals surface area contributed by atoms with Crippen molar-refractivity contribution in [1.29, 1.82) is 0 Å². The molecule has 0 atom stereocenters. The number of unbranched alkanes of at least 4 members (excludes halogenated alkanes) is 3. The van der Waals surface area contributed by atoms with Gasteiger partial charge in [0.2, 0.25) is 0 Å². The van der Waals surface area contributed by atoms with Gasteiger partial charge in [-0.15, -0.1) is 0 Å². The smallest absolute Gasteiger partial charge is 0.0682 e. The van der Waals surface area contributed by atoms with Crippen LogP contribution in [0.3, 0.4) is 0 Å². The number of aliphatic hydroxyl groups is 1. The van der Waals surface area contributed by atoms with Gasteiger partial charge >= 0.3 is 0 Å². The van der Waals surface area contributed by atoms with Gasteiger partial charge in [0.05, 0.1) is 6.61 Å². The van der Waals surface area contributed by atoms with E-state index in [9.17, 15) is 0 Å². The Labute approximate surface area is 103 Å². The van der Waals surface area contributed by atoms with Crippen LogP contribution in [0.2, 0.25) is 0 Å². The average molecular weight is 231 g/mol. The van der Waals surface area contributed by atoms with Crippen LogP contribution in [0.5, 0.6) is 0 Å². The molecule has 0 fully saturated rings. The largest absolute Gasteiger partial charge is 0.392 e. The van der Waals surface area contributed by atoms with Crippen LogP contribution in [0.25, 0.3) is 10.9 Å². The van der Waals surface area contributed by atoms with Gasteiger partial charge in [-0.05, 0) is 29.5 Å². The standard InChI is InChI=1S/C15H21NO/c1-2-3-4-5-9-16-10-8-14-7-6-13(12-17)11-15(14)16/h6-8,10-11,17H,2-5,9,12H2,1H3. The Morgan fingerprint density at radius 3 is 2.76 bits per heavy atom. The van der Waals surface area contributed by atoms with E-state index in [0.717, 1.165) is 12.1 Å². The number of benzene rings is 1. The zero-order valence-electron chi connectivity index (χ0n) is 10.5. The molecule has 1 aromatic heterocycles. The summed E-state index contributed by atoms with van der Waals surface area (Å²) in [5.41, 5.74) is 2.24. The Bertz CT molecular complexity index is 473. The third kappa shape index (κ3) is 2.89. The molecule has 0 aliphatic rings. The zero-order valence-corrected chi connectivity index (χ0v) is 10.5. The summed E-state index contributed by atoms with van der Waals surface area (Å²) >= 11 is 0. The number of aromatic nitrogens is 1. The van der Waals surface area contributed by atoms with Gasteiger partial charge in [-0.2, -0.15) is 0 Å². The number of hydrogen-bond acceptors (Lipinski definition) is 1. The Hall–Kier alpha value is -1.28. The molecule has 0 radical (unpaired) electrons. The van der Waals surface area contributed by atoms with Crippen LogP contribution < -0.4 is 0 Å². The van der Waals surface area contributed by atoms with Gasteiger partial charge in [0.15, 0.2) is 0 Å². The Balaban J connectivity index is 2.11. The van der Waals surface area contributed by atoms with Crippen molar-refractivity contribution >= 4 is 10.9 Å². The second-order valence-electron chi connectivity index (χ2n) is 4.62. The molecular weight excluding hydrogens is 210 g/mol. The molecule has 17 heavy (non-hydrogen) atoms. The predicted molar refractivity (Wildman–Crippen MR) is 72.0 cm³/mol. The van der Waals surface area contributed by atoms with Crippen LogP contribution in [0.1, 0.15) is 38.2 Å². The molecule has 1 N–H and O–H groups in total. The van der Waals surface area contributed by atoms with E-state index in [0.29, 0.717) is 0 Å². The van der Waals surface area contributed by atoms with Gasteiger partial charge in [0.1, 0.15) is 0 Å². The van der Waals surface area contributed by atoms with Crippen LogP contribution in [0.15, 0.2) is 30.5 Å². The Morgan fingerprint density at radius 1 is 1.12 bits per heavy atom. The van der Waals surface area contributed by atoms with Gasteiger partial charge in [-0.3, -0.25) is 0 Å². The molecule has 0 aliphatic heterocycles. The molecule has 1 aromatic carbocycles. The molecule has 0 bridgehead atoms. The number of nitrogens with zero attached hydrogens (tertiary/aromatic N) is 1. The number of fused-ring (bicyclic) bond motifs is 1. The van der Waals surface area contributed by atoms with Crippen molar-refractivity contribution in [3.8, 4) is 0 Å². The second-order valence-corrected chi connectivity index (χ2v) is 4.62. The highest BCUT2D eigenvalue weighted by molar-refractivity contribution is 5.80. The maximum Gasteiger partial charge on any atom is 0.0682 e. The third-order valence-electron chi connectivity index (χ3n) is 3.27. The molecule has 0 spiro atoms. The summed E-state index contributed by atoms with van der Waals surface area (Å²) in [6.07, 6.45) is 7.29. The molecule has 0 unspecified atom stereocenters. The average Bonchev–Trinajstić information content (AvgIpc) is 2.77. The molecule has 0 amide bonds. The summed E-state index contributed by atoms with van der Waals surface area (Å²) in [6.45, 7) is 3.44. The van der Waals surface area contributed by atoms with Gasteiger partial charge in [-0.25, -0.2) is 0 Å². The minimum Gasteiger partial charge on any atom is -0.392 e. The van der Waals surface area contributed by atoms with E-state index < -0.39 is 0 Å². The minimum atomic E-state index is 0.122. The minimum absolute atomic E-state index is 0.122. The summed E-state index contributed by atoms with van der Waals surface area (Å²) < 4.78 is 2.30. The first-order valence-electron chi connectivity index (χ1n) is 6.53. The topological polar surface area (TPSA) is 25.2 Å². The van der Waals surface area contributed by atoms with E-state index in [1.54, 1.807) is 0 Å². The van der Waals surface area contributed by atoms with Crippen molar-refractivity contribution < 1.29 is 5.11 Å². The first kappa shape index (κ1) is 12.2. The van der Waals surface area contributed by atoms with Crippen LogP contribution in [-0.2, 0) is 13.2 Å². The molecule has 2 aromatic rings. The van der Waals surface area contributed by atoms with Crippen LogP contribution in [-0.4, -0.2) is 9.67 Å². The molecule has 2 nitrogen and oxygen atoms in total. The molecule has 92 valence electrons. The molecule has 0 saturated heterocycles. The van der Waals surface area contributed by atoms with E-state index in [1.165, 1.54) is 36.6 Å². The molecule has 1 heterocycles. The normalized spacial score (nSPS) is 11.2. The van der Waals surface area contributed by atoms with Crippen LogP contribution in [0, 0.1) is 0 Å². The van der Waals surface area contributed by atoms with Crippen LogP contribution >= 0.6 is 0 Å². The predicted octanol–water partition coefficient (Wildman–Crippen LogP) is 3.71. The van der Waals surface area contributed by atoms with Crippen molar-refractivity contribution in [2.45, 2.75) is 45.8 Å². The summed E-state index contributed by atoms with van der Waals surface area (Å²) in [7, 11) is 0. The first-order chi connectivity index (χ1) is 8.35. The second kappa shape index (κ2) is 5.87. The first-order valence-corrected chi connectivity index (χ1v) is 6.53. The van der Waals surface area contributed by atoms with Gasteiger partial charge in [0, 0.05) is 18.3 Å². The fraction of sp³-hybridized carbons (Fsp3) is 0.467. The molecule has 0 saturated carbocycles. The van der Waals surface area contributed by atoms with Crippen LogP contribution in [0.4, 0.5) is 0 Å². The van der Waals surface area contributed by atoms with Gasteiger partial charge in [-0.1, -0.05) is 38.3 Å². The highest BCUT2D eigenvalue weighted by Crippen LogP contribution is 2.18. The van der Waals surface area contributed by atoms with E-state index in [1.807, 2.05) is 6.07 Å². The number of aliphatic hydroxyl groups excluding tert-OH is 1. The highest BCUT2D eigenvalue weighted by Gasteiger charge is 2.01. The SMILES string of the molecule is CCCCCCn1ccc2ccc(CO)cc21. The lowest BCUT2D eigenvalue weighted by molar-refractivity contribution is 0.282.